The molecule has 0 aliphatic carbocycles. The second-order valence-corrected chi connectivity index (χ2v) is 5.94. The van der Waals surface area contributed by atoms with Crippen LogP contribution in [0.4, 0.5) is 5.82 Å². The van der Waals surface area contributed by atoms with Gasteiger partial charge in [-0.15, -0.1) is 0 Å². The molecule has 134 valence electrons. The van der Waals surface area contributed by atoms with Crippen molar-refractivity contribution in [3.8, 4) is 0 Å². The quantitative estimate of drug-likeness (QED) is 0.841. The van der Waals surface area contributed by atoms with Gasteiger partial charge in [-0.3, -0.25) is 4.79 Å². The van der Waals surface area contributed by atoms with E-state index in [1.165, 1.54) is 6.26 Å². The SMILES string of the molecule is O=C(c1ccco1)N1CCNCC1.c1ccc(N2CCNCC2)nc1. The van der Waals surface area contributed by atoms with Crippen molar-refractivity contribution < 1.29 is 9.21 Å². The van der Waals surface area contributed by atoms with Crippen molar-refractivity contribution in [2.75, 3.05) is 57.3 Å². The summed E-state index contributed by atoms with van der Waals surface area (Å²) in [6, 6.07) is 9.47. The monoisotopic (exact) mass is 343 g/mol. The Hall–Kier alpha value is -2.38. The Kier molecular flexibility index (Phi) is 6.42. The van der Waals surface area contributed by atoms with Crippen LogP contribution in [-0.2, 0) is 0 Å². The van der Waals surface area contributed by atoms with E-state index < -0.39 is 0 Å². The molecule has 2 aliphatic heterocycles. The first kappa shape index (κ1) is 17.4. The summed E-state index contributed by atoms with van der Waals surface area (Å²) in [5, 5.41) is 6.51. The van der Waals surface area contributed by atoms with Crippen LogP contribution in [0.1, 0.15) is 10.6 Å². The second kappa shape index (κ2) is 9.19. The Bertz CT molecular complexity index is 620. The summed E-state index contributed by atoms with van der Waals surface area (Å²) in [6.45, 7) is 7.53. The zero-order valence-electron chi connectivity index (χ0n) is 14.4. The predicted molar refractivity (Wildman–Crippen MR) is 96.8 cm³/mol. The molecule has 7 heteroatoms. The first-order valence-corrected chi connectivity index (χ1v) is 8.75. The number of nitrogens with one attached hydrogen (secondary N) is 2. The summed E-state index contributed by atoms with van der Waals surface area (Å²) in [6.07, 6.45) is 3.37. The third-order valence-corrected chi connectivity index (χ3v) is 4.23. The van der Waals surface area contributed by atoms with Gasteiger partial charge in [0.15, 0.2) is 5.76 Å². The third-order valence-electron chi connectivity index (χ3n) is 4.23. The van der Waals surface area contributed by atoms with Gasteiger partial charge in [0, 0.05) is 58.6 Å². The van der Waals surface area contributed by atoms with Crippen LogP contribution in [-0.4, -0.2) is 68.1 Å². The van der Waals surface area contributed by atoms with Gasteiger partial charge in [0.25, 0.3) is 5.91 Å². The molecule has 4 heterocycles. The van der Waals surface area contributed by atoms with Crippen molar-refractivity contribution in [2.45, 2.75) is 0 Å². The normalized spacial score (nSPS) is 17.6. The van der Waals surface area contributed by atoms with Crippen molar-refractivity contribution in [1.29, 1.82) is 0 Å². The summed E-state index contributed by atoms with van der Waals surface area (Å²) >= 11 is 0. The molecule has 2 aliphatic rings. The highest BCUT2D eigenvalue weighted by molar-refractivity contribution is 5.91. The van der Waals surface area contributed by atoms with Gasteiger partial charge in [-0.2, -0.15) is 0 Å². The molecule has 2 aromatic heterocycles. The zero-order valence-corrected chi connectivity index (χ0v) is 14.4. The fourth-order valence-corrected chi connectivity index (χ4v) is 2.86. The van der Waals surface area contributed by atoms with Gasteiger partial charge in [0.1, 0.15) is 5.82 Å². The van der Waals surface area contributed by atoms with Crippen molar-refractivity contribution in [3.05, 3.63) is 48.6 Å². The van der Waals surface area contributed by atoms with E-state index in [1.807, 2.05) is 18.3 Å². The minimum atomic E-state index is -0.00787. The number of hydrogen-bond acceptors (Lipinski definition) is 6. The van der Waals surface area contributed by atoms with Crippen LogP contribution in [0.15, 0.2) is 47.2 Å². The number of rotatable bonds is 2. The molecule has 0 saturated carbocycles. The standard InChI is InChI=1S/C9H13N3.C9H12N2O2/c1-2-4-11-9(3-1)12-7-5-10-6-8-12;12-9(8-2-1-7-13-8)11-5-3-10-4-6-11/h1-4,10H,5-8H2;1-2,7,10H,3-6H2. The van der Waals surface area contributed by atoms with E-state index in [0.717, 1.165) is 58.2 Å². The fourth-order valence-electron chi connectivity index (χ4n) is 2.86. The average Bonchev–Trinajstić information content (AvgIpc) is 3.25. The molecule has 2 fully saturated rings. The molecule has 0 bridgehead atoms. The first-order valence-electron chi connectivity index (χ1n) is 8.75. The van der Waals surface area contributed by atoms with Crippen LogP contribution in [0.3, 0.4) is 0 Å². The van der Waals surface area contributed by atoms with Crippen molar-refractivity contribution >= 4 is 11.7 Å². The second-order valence-electron chi connectivity index (χ2n) is 5.94. The summed E-state index contributed by atoms with van der Waals surface area (Å²) < 4.78 is 5.04. The molecule has 0 radical (unpaired) electrons. The van der Waals surface area contributed by atoms with Gasteiger partial charge in [0.2, 0.25) is 0 Å². The van der Waals surface area contributed by atoms with Crippen LogP contribution in [0, 0.1) is 0 Å². The molecular formula is C18H25N5O2. The van der Waals surface area contributed by atoms with Gasteiger partial charge in [-0.1, -0.05) is 6.07 Å². The number of piperazine rings is 2. The lowest BCUT2D eigenvalue weighted by atomic mass is 10.3. The van der Waals surface area contributed by atoms with Gasteiger partial charge >= 0.3 is 0 Å². The van der Waals surface area contributed by atoms with Crippen LogP contribution in [0.2, 0.25) is 0 Å². The highest BCUT2D eigenvalue weighted by Gasteiger charge is 2.19. The highest BCUT2D eigenvalue weighted by Crippen LogP contribution is 2.09. The minimum Gasteiger partial charge on any atom is -0.459 e. The summed E-state index contributed by atoms with van der Waals surface area (Å²) in [7, 11) is 0. The van der Waals surface area contributed by atoms with Gasteiger partial charge in [0.05, 0.1) is 6.26 Å². The van der Waals surface area contributed by atoms with Gasteiger partial charge in [-0.25, -0.2) is 4.98 Å². The lowest BCUT2D eigenvalue weighted by molar-refractivity contribution is 0.0703. The van der Waals surface area contributed by atoms with Crippen LogP contribution in [0.5, 0.6) is 0 Å². The molecule has 0 aromatic carbocycles. The predicted octanol–water partition coefficient (Wildman–Crippen LogP) is 0.816. The Morgan fingerprint density at radius 1 is 0.960 bits per heavy atom. The first-order chi connectivity index (χ1) is 12.3. The number of pyridine rings is 1. The van der Waals surface area contributed by atoms with E-state index in [0.29, 0.717) is 5.76 Å². The number of aromatic nitrogens is 1. The minimum absolute atomic E-state index is 0.00787. The molecule has 0 unspecified atom stereocenters. The lowest BCUT2D eigenvalue weighted by Crippen LogP contribution is -2.46. The Labute approximate surface area is 148 Å². The maximum absolute atomic E-state index is 11.7. The van der Waals surface area contributed by atoms with E-state index in [2.05, 4.69) is 26.6 Å². The zero-order chi connectivity index (χ0) is 17.3. The van der Waals surface area contributed by atoms with E-state index in [4.69, 9.17) is 4.42 Å². The molecule has 1 amide bonds. The smallest absolute Gasteiger partial charge is 0.289 e. The van der Waals surface area contributed by atoms with Gasteiger partial charge < -0.3 is 24.9 Å². The van der Waals surface area contributed by atoms with E-state index >= 15 is 0 Å². The van der Waals surface area contributed by atoms with Crippen LogP contribution in [0.25, 0.3) is 0 Å². The Balaban J connectivity index is 0.000000146. The van der Waals surface area contributed by atoms with E-state index in [-0.39, 0.29) is 5.91 Å². The van der Waals surface area contributed by atoms with E-state index in [1.54, 1.807) is 17.0 Å². The summed E-state index contributed by atoms with van der Waals surface area (Å²) in [4.78, 5) is 20.1. The summed E-state index contributed by atoms with van der Waals surface area (Å²) in [5.74, 6) is 1.52. The molecule has 0 atom stereocenters. The molecular weight excluding hydrogens is 318 g/mol. The average molecular weight is 343 g/mol. The van der Waals surface area contributed by atoms with E-state index in [9.17, 15) is 4.79 Å². The largest absolute Gasteiger partial charge is 0.459 e. The molecule has 2 N–H and O–H groups in total. The number of carbonyl (C=O) groups is 1. The van der Waals surface area contributed by atoms with Crippen molar-refractivity contribution in [3.63, 3.8) is 0 Å². The van der Waals surface area contributed by atoms with Crippen LogP contribution >= 0.6 is 0 Å². The molecule has 0 spiro atoms. The number of nitrogens with zero attached hydrogens (tertiary/aromatic N) is 3. The van der Waals surface area contributed by atoms with Crippen molar-refractivity contribution in [2.24, 2.45) is 0 Å². The topological polar surface area (TPSA) is 73.6 Å². The van der Waals surface area contributed by atoms with Crippen molar-refractivity contribution in [1.82, 2.24) is 20.5 Å². The van der Waals surface area contributed by atoms with Crippen LogP contribution < -0.4 is 15.5 Å². The van der Waals surface area contributed by atoms with Gasteiger partial charge in [-0.05, 0) is 24.3 Å². The lowest BCUT2D eigenvalue weighted by Gasteiger charge is -2.28. The number of furan rings is 1. The Morgan fingerprint density at radius 2 is 1.68 bits per heavy atom. The number of hydrogen-bond donors (Lipinski definition) is 2. The highest BCUT2D eigenvalue weighted by atomic mass is 16.3. The number of amides is 1. The number of anilines is 1. The molecule has 25 heavy (non-hydrogen) atoms. The summed E-state index contributed by atoms with van der Waals surface area (Å²) in [5.41, 5.74) is 0. The maximum atomic E-state index is 11.7. The molecule has 2 aromatic rings. The molecule has 7 nitrogen and oxygen atoms in total. The fraction of sp³-hybridized carbons (Fsp3) is 0.444. The number of carbonyl (C=O) groups excluding carboxylic acids is 1. The maximum Gasteiger partial charge on any atom is 0.289 e. The molecule has 4 rings (SSSR count). The Morgan fingerprint density at radius 3 is 2.28 bits per heavy atom. The third kappa shape index (κ3) is 5.04. The molecule has 2 saturated heterocycles.